The van der Waals surface area contributed by atoms with Crippen molar-refractivity contribution in [3.8, 4) is 0 Å². The average Bonchev–Trinajstić information content (AvgIpc) is 3.45. The summed E-state index contributed by atoms with van der Waals surface area (Å²) < 4.78 is 6.69. The highest BCUT2D eigenvalue weighted by Gasteiger charge is 2.72. The lowest BCUT2D eigenvalue weighted by molar-refractivity contribution is -0.240. The number of rotatable bonds is 6. The van der Waals surface area contributed by atoms with Gasteiger partial charge >= 0.3 is 5.97 Å². The highest BCUT2D eigenvalue weighted by Crippen LogP contribution is 2.76. The number of carboxylic acid groups (broad SMARTS) is 1. The zero-order valence-corrected chi connectivity index (χ0v) is 27.3. The highest BCUT2D eigenvalue weighted by molar-refractivity contribution is 5.86. The van der Waals surface area contributed by atoms with Gasteiger partial charge in [0.2, 0.25) is 5.91 Å². The Hall–Kier alpha value is -1.22. The van der Waals surface area contributed by atoms with Crippen LogP contribution < -0.4 is 11.1 Å². The molecule has 0 aromatic heterocycles. The number of carboxylic acids is 1. The number of nitrogens with two attached hydrogens (primary N) is 1. The largest absolute Gasteiger partial charge is 0.481 e. The van der Waals surface area contributed by atoms with Gasteiger partial charge in [-0.3, -0.25) is 9.59 Å². The summed E-state index contributed by atoms with van der Waals surface area (Å²) in [5.41, 5.74) is 4.61. The predicted molar refractivity (Wildman–Crippen MR) is 161 cm³/mol. The van der Waals surface area contributed by atoms with Gasteiger partial charge in [0.15, 0.2) is 0 Å². The summed E-state index contributed by atoms with van der Waals surface area (Å²) in [4.78, 5) is 24.0. The summed E-state index contributed by atoms with van der Waals surface area (Å²) in [5.74, 6) is -0.276. The minimum absolute atomic E-state index is 0.00796. The minimum Gasteiger partial charge on any atom is -0.481 e. The van der Waals surface area contributed by atoms with E-state index < -0.39 is 23.7 Å². The smallest absolute Gasteiger partial charge is 0.305 e. The number of aliphatic hydroxyl groups is 2. The zero-order valence-electron chi connectivity index (χ0n) is 27.3. The van der Waals surface area contributed by atoms with E-state index in [-0.39, 0.29) is 63.6 Å². The molecule has 1 heterocycles. The number of aliphatic hydroxyl groups excluding tert-OH is 1. The van der Waals surface area contributed by atoms with E-state index in [4.69, 9.17) is 15.6 Å². The number of carbonyl (C=O) groups is 2. The molecule has 0 unspecified atom stereocenters. The van der Waals surface area contributed by atoms with Gasteiger partial charge in [0.05, 0.1) is 35.9 Å². The normalized spacial score (nSPS) is 49.0. The van der Waals surface area contributed by atoms with E-state index in [9.17, 15) is 19.8 Å². The topological polar surface area (TPSA) is 142 Å². The van der Waals surface area contributed by atoms with Crippen molar-refractivity contribution in [1.29, 1.82) is 0 Å². The summed E-state index contributed by atoms with van der Waals surface area (Å²) in [7, 11) is 0. The van der Waals surface area contributed by atoms with Crippen LogP contribution in [0.3, 0.4) is 0 Å². The van der Waals surface area contributed by atoms with E-state index in [0.717, 1.165) is 57.8 Å². The number of nitrogens with one attached hydrogen (secondary N) is 1. The Kier molecular flexibility index (Phi) is 7.78. The van der Waals surface area contributed by atoms with E-state index in [0.29, 0.717) is 11.8 Å². The Morgan fingerprint density at radius 2 is 1.60 bits per heavy atom. The third-order valence-electron chi connectivity index (χ3n) is 14.4. The lowest BCUT2D eigenvalue weighted by Gasteiger charge is -2.71. The quantitative estimate of drug-likeness (QED) is 0.303. The Bertz CT molecular complexity index is 1090. The van der Waals surface area contributed by atoms with Crippen LogP contribution in [0.2, 0.25) is 0 Å². The van der Waals surface area contributed by atoms with Crippen LogP contribution in [0.4, 0.5) is 0 Å². The number of aliphatic carboxylic acids is 1. The van der Waals surface area contributed by atoms with Crippen LogP contribution >= 0.6 is 0 Å². The lowest BCUT2D eigenvalue weighted by atomic mass is 9.35. The van der Waals surface area contributed by atoms with Crippen molar-refractivity contribution in [2.24, 2.45) is 51.1 Å². The van der Waals surface area contributed by atoms with E-state index in [2.05, 4.69) is 46.9 Å². The van der Waals surface area contributed by atoms with Crippen LogP contribution in [0.1, 0.15) is 120 Å². The molecule has 12 atom stereocenters. The van der Waals surface area contributed by atoms with Crippen LogP contribution in [0, 0.1) is 45.3 Å². The van der Waals surface area contributed by atoms with E-state index >= 15 is 0 Å². The highest BCUT2D eigenvalue weighted by atomic mass is 16.5. The van der Waals surface area contributed by atoms with Crippen molar-refractivity contribution >= 4 is 11.9 Å². The molecule has 1 saturated heterocycles. The van der Waals surface area contributed by atoms with Crippen molar-refractivity contribution in [2.75, 3.05) is 0 Å². The molecule has 0 bridgehead atoms. The fourth-order valence-electron chi connectivity index (χ4n) is 11.9. The van der Waals surface area contributed by atoms with Gasteiger partial charge in [-0.1, -0.05) is 34.6 Å². The number of hydrogen-bond acceptors (Lipinski definition) is 6. The molecule has 5 rings (SSSR count). The second-order valence-electron chi connectivity index (χ2n) is 17.2. The maximum absolute atomic E-state index is 12.8. The van der Waals surface area contributed by atoms with Gasteiger partial charge in [-0.2, -0.15) is 0 Å². The monoisotopic (exact) mass is 590 g/mol. The van der Waals surface area contributed by atoms with E-state index in [1.165, 1.54) is 0 Å². The van der Waals surface area contributed by atoms with Crippen molar-refractivity contribution in [3.63, 3.8) is 0 Å². The predicted octanol–water partition coefficient (Wildman–Crippen LogP) is 4.64. The fraction of sp³-hybridized carbons (Fsp3) is 0.941. The third-order valence-corrected chi connectivity index (χ3v) is 14.4. The molecule has 0 aromatic rings. The van der Waals surface area contributed by atoms with Crippen molar-refractivity contribution in [1.82, 2.24) is 5.32 Å². The first-order valence-corrected chi connectivity index (χ1v) is 16.6. The number of carbonyl (C=O) groups excluding carboxylic acids is 1. The van der Waals surface area contributed by atoms with Gasteiger partial charge < -0.3 is 31.1 Å². The number of hydrogen-bond donors (Lipinski definition) is 5. The summed E-state index contributed by atoms with van der Waals surface area (Å²) >= 11 is 0. The molecule has 8 heteroatoms. The number of amides is 1. The van der Waals surface area contributed by atoms with E-state index in [1.54, 1.807) is 0 Å². The van der Waals surface area contributed by atoms with Crippen molar-refractivity contribution in [2.45, 2.75) is 155 Å². The molecule has 5 aliphatic rings. The molecular formula is C34H58N2O6. The van der Waals surface area contributed by atoms with Crippen molar-refractivity contribution < 1.29 is 29.6 Å². The molecular weight excluding hydrogens is 532 g/mol. The molecule has 0 spiro atoms. The van der Waals surface area contributed by atoms with Crippen LogP contribution in [0.5, 0.6) is 0 Å². The molecule has 42 heavy (non-hydrogen) atoms. The molecule has 0 aromatic carbocycles. The molecule has 1 aliphatic heterocycles. The molecule has 6 N–H and O–H groups in total. The van der Waals surface area contributed by atoms with E-state index in [1.807, 2.05) is 13.8 Å². The number of fused-ring (bicyclic) bond motifs is 5. The van der Waals surface area contributed by atoms with Crippen LogP contribution in [-0.4, -0.2) is 62.7 Å². The lowest BCUT2D eigenvalue weighted by Crippen LogP contribution is -2.68. The van der Waals surface area contributed by atoms with Crippen LogP contribution in [0.25, 0.3) is 0 Å². The Morgan fingerprint density at radius 3 is 2.19 bits per heavy atom. The Balaban J connectivity index is 1.39. The SMILES string of the molecule is CC(C)(O)[C@@H]1CC[C@@](C)([C@H]2CC[C@]3(C)[C@@H]2[C@H](O)C[C@@H]2[C@@]4(C)CC[C@H](NC(=O)[C@@H](N)CC(=O)O)C(C)(C)[C@@H]4CC[C@]23C)O1. The number of ether oxygens (including phenoxy) is 1. The second-order valence-corrected chi connectivity index (χ2v) is 17.2. The van der Waals surface area contributed by atoms with Gasteiger partial charge in [-0.25, -0.2) is 0 Å². The first-order valence-electron chi connectivity index (χ1n) is 16.6. The summed E-state index contributed by atoms with van der Waals surface area (Å²) in [6.07, 6.45) is 7.70. The molecule has 4 saturated carbocycles. The molecule has 8 nitrogen and oxygen atoms in total. The third kappa shape index (κ3) is 4.68. The molecule has 4 aliphatic carbocycles. The second kappa shape index (κ2) is 10.1. The summed E-state index contributed by atoms with van der Waals surface area (Å²) in [5, 5.41) is 35.0. The molecule has 240 valence electrons. The summed E-state index contributed by atoms with van der Waals surface area (Å²) in [6.45, 7) is 17.9. The average molecular weight is 591 g/mol. The molecule has 1 amide bonds. The minimum atomic E-state index is -1.07. The van der Waals surface area contributed by atoms with Gasteiger partial charge in [-0.05, 0) is 124 Å². The first-order chi connectivity index (χ1) is 19.2. The maximum Gasteiger partial charge on any atom is 0.305 e. The maximum atomic E-state index is 12.8. The Labute approximate surface area is 252 Å². The Morgan fingerprint density at radius 1 is 0.952 bits per heavy atom. The van der Waals surface area contributed by atoms with Gasteiger partial charge in [-0.15, -0.1) is 0 Å². The first kappa shape index (κ1) is 32.2. The molecule has 0 radical (unpaired) electrons. The van der Waals surface area contributed by atoms with Gasteiger partial charge in [0, 0.05) is 6.04 Å². The van der Waals surface area contributed by atoms with Crippen LogP contribution in [-0.2, 0) is 14.3 Å². The summed E-state index contributed by atoms with van der Waals surface area (Å²) in [6, 6.07) is -1.12. The standard InChI is InChI=1S/C34H58N2O6/c1-29(2)22-10-15-32(6)23(31(22,5)13-11-24(29)36-28(40)20(35)17-26(38)39)18-21(37)27-19(9-14-33(27,32)7)34(8)16-12-25(42-34)30(3,4)41/h19-25,27,37,41H,9-18,35H2,1-8H3,(H,36,40)(H,38,39)/t19-,20-,21+,22-,23+,24-,25-,27-,31-,32+,33+,34-/m0/s1. The zero-order chi connectivity index (χ0) is 31.3. The van der Waals surface area contributed by atoms with Gasteiger partial charge in [0.1, 0.15) is 0 Å². The molecule has 5 fully saturated rings. The van der Waals surface area contributed by atoms with Gasteiger partial charge in [0.25, 0.3) is 0 Å². The van der Waals surface area contributed by atoms with Crippen LogP contribution in [0.15, 0.2) is 0 Å². The fourth-order valence-corrected chi connectivity index (χ4v) is 11.9. The van der Waals surface area contributed by atoms with Crippen molar-refractivity contribution in [3.05, 3.63) is 0 Å².